The van der Waals surface area contributed by atoms with Crippen molar-refractivity contribution >= 4 is 51.3 Å². The number of fused-ring (bicyclic) bond motifs is 2. The molecule has 1 aliphatic rings. The van der Waals surface area contributed by atoms with Crippen molar-refractivity contribution in [3.63, 3.8) is 0 Å². The molecule has 1 unspecified atom stereocenters. The summed E-state index contributed by atoms with van der Waals surface area (Å²) >= 11 is 1.13. The van der Waals surface area contributed by atoms with Crippen molar-refractivity contribution in [3.05, 3.63) is 94.0 Å². The second-order valence-electron chi connectivity index (χ2n) is 10.7. The molecular weight excluding hydrogens is 665 g/mol. The number of hydrogen-bond donors (Lipinski definition) is 4. The molecular formula is C32H34N3O9PS2. The van der Waals surface area contributed by atoms with Crippen molar-refractivity contribution in [2.45, 2.75) is 50.2 Å². The lowest BCUT2D eigenvalue weighted by molar-refractivity contribution is 0.0974. The third kappa shape index (κ3) is 7.26. The van der Waals surface area contributed by atoms with Crippen molar-refractivity contribution in [1.29, 1.82) is 0 Å². The molecule has 0 saturated carbocycles. The number of ketones is 2. The molecule has 1 heterocycles. The van der Waals surface area contributed by atoms with Crippen LogP contribution in [0.5, 0.6) is 11.5 Å². The molecule has 0 radical (unpaired) electrons. The van der Waals surface area contributed by atoms with Crippen LogP contribution in [0.25, 0.3) is 0 Å². The first kappa shape index (κ1) is 34.3. The number of phenolic OH excluding ortho intramolecular Hbond substituents is 2. The van der Waals surface area contributed by atoms with Crippen LogP contribution in [0.1, 0.15) is 82.7 Å². The van der Waals surface area contributed by atoms with Crippen molar-refractivity contribution in [1.82, 2.24) is 4.98 Å². The van der Waals surface area contributed by atoms with Crippen LogP contribution < -0.4 is 10.0 Å². The maximum absolute atomic E-state index is 14.7. The average Bonchev–Trinajstić information content (AvgIpc) is 3.55. The van der Waals surface area contributed by atoms with Gasteiger partial charge in [-0.2, -0.15) is 0 Å². The Bertz CT molecular complexity index is 1920. The van der Waals surface area contributed by atoms with Crippen LogP contribution in [0.2, 0.25) is 0 Å². The van der Waals surface area contributed by atoms with E-state index in [1.165, 1.54) is 60.8 Å². The smallest absolute Gasteiger partial charge is 0.357 e. The Labute approximate surface area is 276 Å². The molecule has 12 nitrogen and oxygen atoms in total. The van der Waals surface area contributed by atoms with Crippen molar-refractivity contribution in [2.75, 3.05) is 23.3 Å². The average molecular weight is 700 g/mol. The Hall–Kier alpha value is -4.07. The largest absolute Gasteiger partial charge is 0.507 e. The van der Waals surface area contributed by atoms with E-state index in [2.05, 4.69) is 15.0 Å². The quantitative estimate of drug-likeness (QED) is 0.0648. The summed E-state index contributed by atoms with van der Waals surface area (Å²) in [7, 11) is -8.07. The van der Waals surface area contributed by atoms with Crippen LogP contribution in [-0.4, -0.2) is 48.4 Å². The van der Waals surface area contributed by atoms with E-state index in [-0.39, 0.29) is 56.8 Å². The lowest BCUT2D eigenvalue weighted by atomic mass is 9.82. The second-order valence-corrected chi connectivity index (χ2v) is 15.4. The summed E-state index contributed by atoms with van der Waals surface area (Å²) in [6, 6.07) is 12.3. The fourth-order valence-corrected chi connectivity index (χ4v) is 8.75. The fourth-order valence-electron chi connectivity index (χ4n) is 5.00. The molecule has 3 aromatic carbocycles. The van der Waals surface area contributed by atoms with E-state index in [9.17, 15) is 32.8 Å². The van der Waals surface area contributed by atoms with Crippen LogP contribution in [0, 0.1) is 0 Å². The van der Waals surface area contributed by atoms with E-state index >= 15 is 0 Å². The molecule has 1 aromatic heterocycles. The van der Waals surface area contributed by atoms with E-state index in [1.807, 2.05) is 13.8 Å². The summed E-state index contributed by atoms with van der Waals surface area (Å²) in [5.74, 6) is -3.58. The fraction of sp³-hybridized carbons (Fsp3) is 0.281. The monoisotopic (exact) mass is 699 g/mol. The topological polar surface area (TPSA) is 181 Å². The highest BCUT2D eigenvalue weighted by Gasteiger charge is 2.41. The highest BCUT2D eigenvalue weighted by atomic mass is 32.2. The zero-order valence-electron chi connectivity index (χ0n) is 25.6. The van der Waals surface area contributed by atoms with Gasteiger partial charge in [0, 0.05) is 28.4 Å². The summed E-state index contributed by atoms with van der Waals surface area (Å²) in [6.45, 7) is 4.08. The minimum absolute atomic E-state index is 0.0340. The number of hydrogen-bond acceptors (Lipinski definition) is 12. The van der Waals surface area contributed by atoms with E-state index < -0.39 is 40.7 Å². The van der Waals surface area contributed by atoms with Gasteiger partial charge in [-0.3, -0.25) is 18.9 Å². The van der Waals surface area contributed by atoms with E-state index in [0.29, 0.717) is 18.5 Å². The highest BCUT2D eigenvalue weighted by Crippen LogP contribution is 2.61. The predicted octanol–water partition coefficient (Wildman–Crippen LogP) is 7.07. The number of carbonyl (C=O) groups excluding carboxylic acids is 2. The van der Waals surface area contributed by atoms with Gasteiger partial charge in [0.15, 0.2) is 16.7 Å². The molecule has 5 rings (SSSR count). The third-order valence-electron chi connectivity index (χ3n) is 7.42. The molecule has 47 heavy (non-hydrogen) atoms. The molecule has 0 aliphatic heterocycles. The Morgan fingerprint density at radius 2 is 1.55 bits per heavy atom. The Morgan fingerprint density at radius 3 is 2.17 bits per heavy atom. The normalized spacial score (nSPS) is 13.6. The van der Waals surface area contributed by atoms with Gasteiger partial charge < -0.3 is 24.6 Å². The minimum atomic E-state index is -4.12. The molecule has 0 saturated heterocycles. The van der Waals surface area contributed by atoms with Gasteiger partial charge in [0.05, 0.1) is 29.2 Å². The van der Waals surface area contributed by atoms with Gasteiger partial charge in [0.2, 0.25) is 5.78 Å². The number of rotatable bonds is 15. The van der Waals surface area contributed by atoms with Crippen molar-refractivity contribution < 1.29 is 41.8 Å². The maximum atomic E-state index is 14.7. The van der Waals surface area contributed by atoms with E-state index in [1.54, 1.807) is 5.38 Å². The number of carbonyl (C=O) groups is 2. The number of thiazole rings is 1. The van der Waals surface area contributed by atoms with Gasteiger partial charge in [0.1, 0.15) is 11.5 Å². The number of benzene rings is 3. The summed E-state index contributed by atoms with van der Waals surface area (Å²) < 4.78 is 54.7. The molecule has 0 amide bonds. The summed E-state index contributed by atoms with van der Waals surface area (Å²) in [4.78, 5) is 30.9. The highest BCUT2D eigenvalue weighted by molar-refractivity contribution is 7.93. The van der Waals surface area contributed by atoms with Gasteiger partial charge in [-0.05, 0) is 60.9 Å². The number of aromatic hydroxyl groups is 2. The van der Waals surface area contributed by atoms with Crippen LogP contribution in [-0.2, 0) is 23.6 Å². The molecule has 15 heteroatoms. The number of nitrogens with zero attached hydrogens (tertiary/aromatic N) is 1. The maximum Gasteiger partial charge on any atom is 0.357 e. The van der Waals surface area contributed by atoms with Crippen molar-refractivity contribution in [2.24, 2.45) is 0 Å². The summed E-state index contributed by atoms with van der Waals surface area (Å²) in [5, 5.41) is 26.4. The zero-order valence-corrected chi connectivity index (χ0v) is 28.2. The first-order valence-corrected chi connectivity index (χ1v) is 18.9. The van der Waals surface area contributed by atoms with Gasteiger partial charge in [-0.25, -0.2) is 13.4 Å². The molecule has 4 aromatic rings. The SMILES string of the molecule is CCCCOP(=O)(OCCCC)C(Nc1ccc(S(=O)(=O)Nc2nccs2)cc1)c1cc(O)c2c(c1)C(=O)c1cccc(O)c1C2=O. The van der Waals surface area contributed by atoms with Gasteiger partial charge in [-0.15, -0.1) is 11.3 Å². The number of sulfonamides is 1. The third-order valence-corrected chi connectivity index (χ3v) is 11.7. The van der Waals surface area contributed by atoms with Crippen LogP contribution in [0.3, 0.4) is 0 Å². The van der Waals surface area contributed by atoms with E-state index in [0.717, 1.165) is 24.2 Å². The number of nitrogens with one attached hydrogen (secondary N) is 2. The van der Waals surface area contributed by atoms with Crippen LogP contribution in [0.15, 0.2) is 71.1 Å². The molecule has 248 valence electrons. The molecule has 1 aliphatic carbocycles. The predicted molar refractivity (Wildman–Crippen MR) is 178 cm³/mol. The molecule has 0 fully saturated rings. The molecule has 4 N–H and O–H groups in total. The molecule has 0 bridgehead atoms. The minimum Gasteiger partial charge on any atom is -0.507 e. The second kappa shape index (κ2) is 14.4. The number of anilines is 2. The van der Waals surface area contributed by atoms with Crippen LogP contribution >= 0.6 is 18.9 Å². The Morgan fingerprint density at radius 1 is 0.894 bits per heavy atom. The van der Waals surface area contributed by atoms with Gasteiger partial charge >= 0.3 is 7.60 Å². The summed E-state index contributed by atoms with van der Waals surface area (Å²) in [6.07, 6.45) is 4.13. The van der Waals surface area contributed by atoms with Crippen LogP contribution in [0.4, 0.5) is 10.8 Å². The lowest BCUT2D eigenvalue weighted by Gasteiger charge is -2.30. The number of unbranched alkanes of at least 4 members (excludes halogenated alkanes) is 2. The van der Waals surface area contributed by atoms with Gasteiger partial charge in [-0.1, -0.05) is 38.8 Å². The zero-order chi connectivity index (χ0) is 33.8. The van der Waals surface area contributed by atoms with E-state index in [4.69, 9.17) is 9.05 Å². The molecule has 0 spiro atoms. The standard InChI is InChI=1S/C32H34N3O9PS2/c1-3-5-15-43-45(40,44-16-6-4-2)31(34-21-10-12-22(13-11-21)47(41,42)35-32-33-14-17-46-32)20-18-24-28(26(37)19-20)30(39)27-23(29(24)38)8-7-9-25(27)36/h7-14,17-19,31,34,36-37H,3-6,15-16H2,1-2H3,(H,33,35). The Kier molecular flexibility index (Phi) is 10.5. The van der Waals surface area contributed by atoms with Crippen molar-refractivity contribution in [3.8, 4) is 11.5 Å². The first-order valence-electron chi connectivity index (χ1n) is 14.9. The number of phenols is 2. The summed E-state index contributed by atoms with van der Waals surface area (Å²) in [5.41, 5.74) is -0.214. The number of aromatic nitrogens is 1. The molecule has 1 atom stereocenters. The Balaban J connectivity index is 1.57. The van der Waals surface area contributed by atoms with Gasteiger partial charge in [0.25, 0.3) is 10.0 Å². The first-order chi connectivity index (χ1) is 22.5. The lowest BCUT2D eigenvalue weighted by Crippen LogP contribution is -2.23.